The van der Waals surface area contributed by atoms with E-state index in [1.807, 2.05) is 6.07 Å². The van der Waals surface area contributed by atoms with Crippen LogP contribution in [-0.4, -0.2) is 9.55 Å². The third-order valence-electron chi connectivity index (χ3n) is 4.59. The SMILES string of the molecule is CCC1CCCCC1n1c(CCl)nc2c(F)cccc21. The first-order valence-corrected chi connectivity index (χ1v) is 8.01. The van der Waals surface area contributed by atoms with Crippen molar-refractivity contribution in [2.24, 2.45) is 5.92 Å². The molecular formula is C16H20ClFN2. The lowest BCUT2D eigenvalue weighted by molar-refractivity contribution is 0.234. The molecule has 2 unspecified atom stereocenters. The summed E-state index contributed by atoms with van der Waals surface area (Å²) >= 11 is 6.06. The van der Waals surface area contributed by atoms with Gasteiger partial charge >= 0.3 is 0 Å². The van der Waals surface area contributed by atoms with Gasteiger partial charge in [-0.1, -0.05) is 32.3 Å². The highest BCUT2D eigenvalue weighted by Crippen LogP contribution is 2.39. The van der Waals surface area contributed by atoms with Gasteiger partial charge in [-0.25, -0.2) is 9.37 Å². The maximum atomic E-state index is 13.9. The number of hydrogen-bond donors (Lipinski definition) is 0. The first-order valence-electron chi connectivity index (χ1n) is 7.47. The number of fused-ring (bicyclic) bond motifs is 1. The standard InChI is InChI=1S/C16H20ClFN2/c1-2-11-6-3-4-8-13(11)20-14-9-5-7-12(18)16(14)19-15(20)10-17/h5,7,9,11,13H,2-4,6,8,10H2,1H3. The number of para-hydroxylation sites is 1. The van der Waals surface area contributed by atoms with E-state index in [-0.39, 0.29) is 5.82 Å². The summed E-state index contributed by atoms with van der Waals surface area (Å²) in [6.45, 7) is 2.24. The average molecular weight is 295 g/mol. The van der Waals surface area contributed by atoms with E-state index in [0.29, 0.717) is 23.4 Å². The summed E-state index contributed by atoms with van der Waals surface area (Å²) in [4.78, 5) is 4.43. The Morgan fingerprint density at radius 3 is 2.90 bits per heavy atom. The summed E-state index contributed by atoms with van der Waals surface area (Å²) < 4.78 is 16.2. The molecule has 1 aliphatic rings. The maximum Gasteiger partial charge on any atom is 0.151 e. The number of halogens is 2. The Bertz CT molecular complexity index is 608. The van der Waals surface area contributed by atoms with E-state index < -0.39 is 0 Å². The molecule has 1 aromatic heterocycles. The zero-order valence-electron chi connectivity index (χ0n) is 11.8. The zero-order chi connectivity index (χ0) is 14.1. The fraction of sp³-hybridized carbons (Fsp3) is 0.562. The van der Waals surface area contributed by atoms with Crippen LogP contribution in [0, 0.1) is 11.7 Å². The zero-order valence-corrected chi connectivity index (χ0v) is 12.5. The molecule has 1 heterocycles. The summed E-state index contributed by atoms with van der Waals surface area (Å²) in [5, 5.41) is 0. The molecule has 1 aliphatic carbocycles. The second-order valence-corrected chi connectivity index (χ2v) is 5.93. The molecule has 2 atom stereocenters. The Morgan fingerprint density at radius 1 is 1.35 bits per heavy atom. The third kappa shape index (κ3) is 2.22. The summed E-state index contributed by atoms with van der Waals surface area (Å²) in [5.41, 5.74) is 1.36. The Balaban J connectivity index is 2.15. The molecule has 4 heteroatoms. The Hall–Kier alpha value is -1.09. The van der Waals surface area contributed by atoms with Crippen LogP contribution in [0.3, 0.4) is 0 Å². The van der Waals surface area contributed by atoms with Crippen LogP contribution in [-0.2, 0) is 5.88 Å². The van der Waals surface area contributed by atoms with Crippen LogP contribution in [0.5, 0.6) is 0 Å². The molecule has 0 radical (unpaired) electrons. The Morgan fingerprint density at radius 2 is 2.15 bits per heavy atom. The summed E-state index contributed by atoms with van der Waals surface area (Å²) in [5.74, 6) is 1.53. The molecule has 0 N–H and O–H groups in total. The van der Waals surface area contributed by atoms with Crippen molar-refractivity contribution in [2.45, 2.75) is 50.9 Å². The van der Waals surface area contributed by atoms with Crippen LogP contribution in [0.15, 0.2) is 18.2 Å². The van der Waals surface area contributed by atoms with E-state index >= 15 is 0 Å². The molecule has 2 aromatic rings. The van der Waals surface area contributed by atoms with E-state index in [4.69, 9.17) is 11.6 Å². The highest BCUT2D eigenvalue weighted by Gasteiger charge is 2.28. The van der Waals surface area contributed by atoms with Gasteiger partial charge in [0, 0.05) is 6.04 Å². The minimum absolute atomic E-state index is 0.253. The fourth-order valence-electron chi connectivity index (χ4n) is 3.60. The monoisotopic (exact) mass is 294 g/mol. The Labute approximate surface area is 123 Å². The van der Waals surface area contributed by atoms with Crippen molar-refractivity contribution in [3.05, 3.63) is 29.8 Å². The number of aromatic nitrogens is 2. The van der Waals surface area contributed by atoms with Gasteiger partial charge in [0.25, 0.3) is 0 Å². The van der Waals surface area contributed by atoms with Crippen molar-refractivity contribution in [3.63, 3.8) is 0 Å². The minimum atomic E-state index is -0.253. The quantitative estimate of drug-likeness (QED) is 0.724. The van der Waals surface area contributed by atoms with E-state index in [1.54, 1.807) is 6.07 Å². The van der Waals surface area contributed by atoms with Gasteiger partial charge in [0.05, 0.1) is 11.4 Å². The van der Waals surface area contributed by atoms with Crippen molar-refractivity contribution >= 4 is 22.6 Å². The minimum Gasteiger partial charge on any atom is -0.323 e. The van der Waals surface area contributed by atoms with Gasteiger partial charge in [0.1, 0.15) is 11.3 Å². The van der Waals surface area contributed by atoms with Gasteiger partial charge in [-0.3, -0.25) is 0 Å². The molecule has 1 aromatic carbocycles. The van der Waals surface area contributed by atoms with Gasteiger partial charge in [-0.2, -0.15) is 0 Å². The molecule has 20 heavy (non-hydrogen) atoms. The summed E-state index contributed by atoms with van der Waals surface area (Å²) in [7, 11) is 0. The van der Waals surface area contributed by atoms with Crippen molar-refractivity contribution in [1.82, 2.24) is 9.55 Å². The molecule has 0 aliphatic heterocycles. The van der Waals surface area contributed by atoms with Crippen molar-refractivity contribution in [1.29, 1.82) is 0 Å². The van der Waals surface area contributed by atoms with Crippen LogP contribution < -0.4 is 0 Å². The fourth-order valence-corrected chi connectivity index (χ4v) is 3.79. The number of imidazole rings is 1. The predicted octanol–water partition coefficient (Wildman–Crippen LogP) is 5.06. The largest absolute Gasteiger partial charge is 0.323 e. The van der Waals surface area contributed by atoms with Gasteiger partial charge < -0.3 is 4.57 Å². The smallest absolute Gasteiger partial charge is 0.151 e. The molecule has 3 rings (SSSR count). The maximum absolute atomic E-state index is 13.9. The van der Waals surface area contributed by atoms with Crippen LogP contribution in [0.25, 0.3) is 11.0 Å². The third-order valence-corrected chi connectivity index (χ3v) is 4.83. The van der Waals surface area contributed by atoms with Gasteiger partial charge in [-0.05, 0) is 30.9 Å². The molecular weight excluding hydrogens is 275 g/mol. The van der Waals surface area contributed by atoms with Gasteiger partial charge in [-0.15, -0.1) is 11.6 Å². The highest BCUT2D eigenvalue weighted by atomic mass is 35.5. The van der Waals surface area contributed by atoms with E-state index in [0.717, 1.165) is 24.2 Å². The number of nitrogens with zero attached hydrogens (tertiary/aromatic N) is 2. The lowest BCUT2D eigenvalue weighted by Crippen LogP contribution is -2.24. The van der Waals surface area contributed by atoms with Crippen LogP contribution in [0.4, 0.5) is 4.39 Å². The molecule has 0 saturated heterocycles. The van der Waals surface area contributed by atoms with Crippen LogP contribution in [0.1, 0.15) is 50.9 Å². The number of alkyl halides is 1. The van der Waals surface area contributed by atoms with E-state index in [9.17, 15) is 4.39 Å². The van der Waals surface area contributed by atoms with E-state index in [1.165, 1.54) is 25.3 Å². The second-order valence-electron chi connectivity index (χ2n) is 5.66. The van der Waals surface area contributed by atoms with Crippen molar-refractivity contribution in [2.75, 3.05) is 0 Å². The molecule has 108 valence electrons. The number of rotatable bonds is 3. The van der Waals surface area contributed by atoms with Crippen LogP contribution in [0.2, 0.25) is 0 Å². The number of hydrogen-bond acceptors (Lipinski definition) is 1. The molecule has 1 fully saturated rings. The van der Waals surface area contributed by atoms with Gasteiger partial charge in [0.2, 0.25) is 0 Å². The predicted molar refractivity (Wildman–Crippen MR) is 80.5 cm³/mol. The normalized spacial score (nSPS) is 23.4. The lowest BCUT2D eigenvalue weighted by atomic mass is 9.82. The molecule has 0 amide bonds. The van der Waals surface area contributed by atoms with E-state index in [2.05, 4.69) is 16.5 Å². The second kappa shape index (κ2) is 5.72. The van der Waals surface area contributed by atoms with Crippen molar-refractivity contribution in [3.8, 4) is 0 Å². The molecule has 2 nitrogen and oxygen atoms in total. The molecule has 0 bridgehead atoms. The highest BCUT2D eigenvalue weighted by molar-refractivity contribution is 6.16. The topological polar surface area (TPSA) is 17.8 Å². The summed E-state index contributed by atoms with van der Waals surface area (Å²) in [6.07, 6.45) is 6.08. The molecule has 1 saturated carbocycles. The number of benzene rings is 1. The van der Waals surface area contributed by atoms with Crippen molar-refractivity contribution < 1.29 is 4.39 Å². The first kappa shape index (κ1) is 13.9. The average Bonchev–Trinajstić information content (AvgIpc) is 2.87. The lowest BCUT2D eigenvalue weighted by Gasteiger charge is -2.33. The van der Waals surface area contributed by atoms with Gasteiger partial charge in [0.15, 0.2) is 5.82 Å². The molecule has 0 spiro atoms. The first-order chi connectivity index (χ1) is 9.76. The van der Waals surface area contributed by atoms with Crippen LogP contribution >= 0.6 is 11.6 Å². The summed E-state index contributed by atoms with van der Waals surface area (Å²) in [6, 6.07) is 5.60. The Kier molecular flexibility index (Phi) is 3.97.